The summed E-state index contributed by atoms with van der Waals surface area (Å²) in [6.45, 7) is 7.86. The van der Waals surface area contributed by atoms with Crippen LogP contribution < -0.4 is 16.4 Å². The first-order chi connectivity index (χ1) is 12.2. The Labute approximate surface area is 155 Å². The molecule has 1 unspecified atom stereocenters. The fourth-order valence-electron chi connectivity index (χ4n) is 2.72. The Balaban J connectivity index is 2.01. The van der Waals surface area contributed by atoms with Crippen molar-refractivity contribution < 1.29 is 9.59 Å². The molecule has 4 N–H and O–H groups in total. The van der Waals surface area contributed by atoms with Gasteiger partial charge >= 0.3 is 0 Å². The molecule has 0 aliphatic heterocycles. The van der Waals surface area contributed by atoms with Gasteiger partial charge in [-0.05, 0) is 36.1 Å². The van der Waals surface area contributed by atoms with Crippen LogP contribution in [0.15, 0.2) is 42.5 Å². The van der Waals surface area contributed by atoms with E-state index in [-0.39, 0.29) is 24.2 Å². The molecule has 5 nitrogen and oxygen atoms in total. The van der Waals surface area contributed by atoms with Crippen LogP contribution >= 0.6 is 0 Å². The summed E-state index contributed by atoms with van der Waals surface area (Å²) in [5.74, 6) is -0.386. The topological polar surface area (TPSA) is 84.2 Å². The second-order valence-corrected chi connectivity index (χ2v) is 7.85. The molecule has 0 saturated heterocycles. The van der Waals surface area contributed by atoms with Crippen molar-refractivity contribution in [2.24, 2.45) is 11.7 Å². The lowest BCUT2D eigenvalue weighted by Gasteiger charge is -2.25. The molecule has 0 aliphatic rings. The molecular weight excluding hydrogens is 326 g/mol. The standard InChI is InChI=1S/C21H29N3O2/c1-14(2)19(20(26)23-13-21(3,4)22)24-18(25)12-15-9-10-16-7-5-6-8-17(16)11-15/h5-11,14,19H,12-13,22H2,1-4H3,(H,23,26)(H,24,25). The summed E-state index contributed by atoms with van der Waals surface area (Å²) in [6.07, 6.45) is 0.240. The summed E-state index contributed by atoms with van der Waals surface area (Å²) in [4.78, 5) is 24.9. The van der Waals surface area contributed by atoms with Crippen LogP contribution in [0.4, 0.5) is 0 Å². The Kier molecular flexibility index (Phi) is 6.37. The Bertz CT molecular complexity index is 778. The van der Waals surface area contributed by atoms with E-state index in [0.717, 1.165) is 16.3 Å². The van der Waals surface area contributed by atoms with Crippen LogP contribution in [0, 0.1) is 5.92 Å². The SMILES string of the molecule is CC(C)C(NC(=O)Cc1ccc2ccccc2c1)C(=O)NCC(C)(C)N. The molecule has 1 atom stereocenters. The predicted octanol–water partition coefficient (Wildman–Crippen LogP) is 2.38. The van der Waals surface area contributed by atoms with Crippen molar-refractivity contribution in [3.05, 3.63) is 48.0 Å². The van der Waals surface area contributed by atoms with Gasteiger partial charge in [0.05, 0.1) is 6.42 Å². The minimum Gasteiger partial charge on any atom is -0.352 e. The minimum atomic E-state index is -0.578. The Hall–Kier alpha value is -2.40. The van der Waals surface area contributed by atoms with Gasteiger partial charge in [0.2, 0.25) is 11.8 Å². The lowest BCUT2D eigenvalue weighted by Crippen LogP contribution is -2.54. The zero-order chi connectivity index (χ0) is 19.3. The first-order valence-electron chi connectivity index (χ1n) is 8.99. The van der Waals surface area contributed by atoms with Crippen molar-refractivity contribution in [1.82, 2.24) is 10.6 Å². The molecule has 0 fully saturated rings. The molecule has 0 spiro atoms. The number of carbonyl (C=O) groups is 2. The molecule has 0 bridgehead atoms. The highest BCUT2D eigenvalue weighted by Gasteiger charge is 2.25. The van der Waals surface area contributed by atoms with Gasteiger partial charge in [-0.2, -0.15) is 0 Å². The van der Waals surface area contributed by atoms with E-state index in [9.17, 15) is 9.59 Å². The molecule has 2 rings (SSSR count). The molecule has 0 aromatic heterocycles. The third-order valence-corrected chi connectivity index (χ3v) is 4.16. The average Bonchev–Trinajstić information content (AvgIpc) is 2.56. The van der Waals surface area contributed by atoms with E-state index in [1.807, 2.05) is 70.2 Å². The fourth-order valence-corrected chi connectivity index (χ4v) is 2.72. The van der Waals surface area contributed by atoms with Crippen molar-refractivity contribution >= 4 is 22.6 Å². The molecule has 0 heterocycles. The van der Waals surface area contributed by atoms with Gasteiger partial charge in [0.1, 0.15) is 6.04 Å². The summed E-state index contributed by atoms with van der Waals surface area (Å²) in [5, 5.41) is 7.91. The molecular formula is C21H29N3O2. The van der Waals surface area contributed by atoms with Crippen molar-refractivity contribution in [3.8, 4) is 0 Å². The van der Waals surface area contributed by atoms with Crippen LogP contribution in [0.3, 0.4) is 0 Å². The van der Waals surface area contributed by atoms with E-state index in [4.69, 9.17) is 5.73 Å². The van der Waals surface area contributed by atoms with Gasteiger partial charge in [-0.3, -0.25) is 9.59 Å². The fraction of sp³-hybridized carbons (Fsp3) is 0.429. The lowest BCUT2D eigenvalue weighted by atomic mass is 10.0. The van der Waals surface area contributed by atoms with Gasteiger partial charge in [0.15, 0.2) is 0 Å². The second kappa shape index (κ2) is 8.32. The van der Waals surface area contributed by atoms with Gasteiger partial charge in [0, 0.05) is 12.1 Å². The smallest absolute Gasteiger partial charge is 0.242 e. The lowest BCUT2D eigenvalue weighted by molar-refractivity contribution is -0.129. The zero-order valence-corrected chi connectivity index (χ0v) is 16.0. The zero-order valence-electron chi connectivity index (χ0n) is 16.0. The number of amides is 2. The predicted molar refractivity (Wildman–Crippen MR) is 106 cm³/mol. The minimum absolute atomic E-state index is 0.0172. The Morgan fingerprint density at radius 3 is 2.35 bits per heavy atom. The molecule has 0 radical (unpaired) electrons. The molecule has 26 heavy (non-hydrogen) atoms. The van der Waals surface area contributed by atoms with E-state index in [2.05, 4.69) is 10.6 Å². The van der Waals surface area contributed by atoms with Crippen LogP contribution in [0.5, 0.6) is 0 Å². The third kappa shape index (κ3) is 5.85. The molecule has 0 aliphatic carbocycles. The van der Waals surface area contributed by atoms with Crippen LogP contribution in [0.25, 0.3) is 10.8 Å². The van der Waals surface area contributed by atoms with Crippen LogP contribution in [0.2, 0.25) is 0 Å². The average molecular weight is 355 g/mol. The largest absolute Gasteiger partial charge is 0.352 e. The summed E-state index contributed by atoms with van der Waals surface area (Å²) >= 11 is 0. The quantitative estimate of drug-likeness (QED) is 0.713. The highest BCUT2D eigenvalue weighted by molar-refractivity contribution is 5.89. The van der Waals surface area contributed by atoms with Crippen LogP contribution in [-0.4, -0.2) is 29.9 Å². The van der Waals surface area contributed by atoms with Crippen molar-refractivity contribution in [2.45, 2.75) is 45.7 Å². The number of hydrogen-bond donors (Lipinski definition) is 3. The molecule has 2 aromatic rings. The first kappa shape index (κ1) is 19.9. The number of nitrogens with two attached hydrogens (primary N) is 1. The Morgan fingerprint density at radius 1 is 1.08 bits per heavy atom. The van der Waals surface area contributed by atoms with Gasteiger partial charge < -0.3 is 16.4 Å². The number of fused-ring (bicyclic) bond motifs is 1. The molecule has 0 saturated carbocycles. The maximum Gasteiger partial charge on any atom is 0.242 e. The van der Waals surface area contributed by atoms with Crippen LogP contribution in [0.1, 0.15) is 33.3 Å². The summed E-state index contributed by atoms with van der Waals surface area (Å²) in [7, 11) is 0. The highest BCUT2D eigenvalue weighted by Crippen LogP contribution is 2.16. The number of rotatable bonds is 7. The maximum absolute atomic E-state index is 12.5. The van der Waals surface area contributed by atoms with E-state index in [1.165, 1.54) is 0 Å². The third-order valence-electron chi connectivity index (χ3n) is 4.16. The maximum atomic E-state index is 12.5. The first-order valence-corrected chi connectivity index (χ1v) is 8.99. The van der Waals surface area contributed by atoms with Gasteiger partial charge in [-0.15, -0.1) is 0 Å². The second-order valence-electron chi connectivity index (χ2n) is 7.85. The van der Waals surface area contributed by atoms with Crippen molar-refractivity contribution in [3.63, 3.8) is 0 Å². The number of hydrogen-bond acceptors (Lipinski definition) is 3. The van der Waals surface area contributed by atoms with Crippen molar-refractivity contribution in [2.75, 3.05) is 6.54 Å². The van der Waals surface area contributed by atoms with E-state index in [0.29, 0.717) is 6.54 Å². The van der Waals surface area contributed by atoms with Gasteiger partial charge in [-0.25, -0.2) is 0 Å². The normalized spacial score (nSPS) is 12.8. The van der Waals surface area contributed by atoms with E-state index in [1.54, 1.807) is 0 Å². The highest BCUT2D eigenvalue weighted by atomic mass is 16.2. The summed E-state index contributed by atoms with van der Waals surface area (Å²) in [6, 6.07) is 13.4. The van der Waals surface area contributed by atoms with Crippen LogP contribution in [-0.2, 0) is 16.0 Å². The Morgan fingerprint density at radius 2 is 1.73 bits per heavy atom. The molecule has 5 heteroatoms. The van der Waals surface area contributed by atoms with Gasteiger partial charge in [-0.1, -0.05) is 56.3 Å². The van der Waals surface area contributed by atoms with Gasteiger partial charge in [0.25, 0.3) is 0 Å². The monoisotopic (exact) mass is 355 g/mol. The molecule has 140 valence electrons. The summed E-state index contributed by atoms with van der Waals surface area (Å²) < 4.78 is 0. The number of carbonyl (C=O) groups excluding carboxylic acids is 2. The van der Waals surface area contributed by atoms with E-state index < -0.39 is 11.6 Å². The molecule has 2 aromatic carbocycles. The number of nitrogens with one attached hydrogen (secondary N) is 2. The number of benzene rings is 2. The van der Waals surface area contributed by atoms with Crippen molar-refractivity contribution in [1.29, 1.82) is 0 Å². The van der Waals surface area contributed by atoms with E-state index >= 15 is 0 Å². The summed E-state index contributed by atoms with van der Waals surface area (Å²) in [5.41, 5.74) is 6.34. The molecule has 2 amide bonds.